The number of carbonyl (C=O) groups is 1. The number of H-pyrrole nitrogens is 1. The van der Waals surface area contributed by atoms with Gasteiger partial charge in [-0.1, -0.05) is 26.0 Å². The first kappa shape index (κ1) is 13.5. The molecule has 2 rings (SSSR count). The Kier molecular flexibility index (Phi) is 3.80. The summed E-state index contributed by atoms with van der Waals surface area (Å²) in [5.74, 6) is -1.08. The second kappa shape index (κ2) is 5.36. The molecule has 6 heteroatoms. The van der Waals surface area contributed by atoms with Gasteiger partial charge in [-0.2, -0.15) is 5.10 Å². The number of carboxylic acid groups (broad SMARTS) is 1. The first-order valence-corrected chi connectivity index (χ1v) is 6.71. The van der Waals surface area contributed by atoms with Gasteiger partial charge in [-0.05, 0) is 12.1 Å². The van der Waals surface area contributed by atoms with E-state index in [9.17, 15) is 4.79 Å². The van der Waals surface area contributed by atoms with Crippen molar-refractivity contribution in [1.82, 2.24) is 10.2 Å². The summed E-state index contributed by atoms with van der Waals surface area (Å²) >= 11 is 1.75. The molecule has 0 amide bonds. The highest BCUT2D eigenvalue weighted by Crippen LogP contribution is 2.29. The largest absolute Gasteiger partial charge is 0.477 e. The van der Waals surface area contributed by atoms with Gasteiger partial charge in [0, 0.05) is 15.7 Å². The van der Waals surface area contributed by atoms with Crippen molar-refractivity contribution < 1.29 is 9.90 Å². The van der Waals surface area contributed by atoms with Gasteiger partial charge in [0.05, 0.1) is 5.69 Å². The van der Waals surface area contributed by atoms with Gasteiger partial charge >= 0.3 is 5.97 Å². The Morgan fingerprint density at radius 1 is 1.37 bits per heavy atom. The fourth-order valence-corrected chi connectivity index (χ4v) is 2.59. The molecular formula is C13H15N3O2S. The lowest BCUT2D eigenvalue weighted by atomic mass is 10.1. The Bertz CT molecular complexity index is 590. The van der Waals surface area contributed by atoms with Gasteiger partial charge in [0.15, 0.2) is 5.82 Å². The van der Waals surface area contributed by atoms with E-state index in [1.807, 2.05) is 24.3 Å². The molecule has 0 fully saturated rings. The molecular weight excluding hydrogens is 262 g/mol. The van der Waals surface area contributed by atoms with Gasteiger partial charge in [0.1, 0.15) is 5.56 Å². The molecule has 0 aliphatic heterocycles. The number of anilines is 1. The Morgan fingerprint density at radius 2 is 2.00 bits per heavy atom. The van der Waals surface area contributed by atoms with Crippen LogP contribution in [0, 0.1) is 0 Å². The van der Waals surface area contributed by atoms with Crippen molar-refractivity contribution in [1.29, 1.82) is 0 Å². The number of hydrogen-bond donors (Lipinski definition) is 3. The normalized spacial score (nSPS) is 10.9. The van der Waals surface area contributed by atoms with Gasteiger partial charge in [0.2, 0.25) is 0 Å². The summed E-state index contributed by atoms with van der Waals surface area (Å²) in [4.78, 5) is 12.3. The molecule has 0 spiro atoms. The second-order valence-corrected chi connectivity index (χ2v) is 6.00. The lowest BCUT2D eigenvalue weighted by Crippen LogP contribution is -2.01. The van der Waals surface area contributed by atoms with Crippen molar-refractivity contribution in [3.05, 3.63) is 29.8 Å². The van der Waals surface area contributed by atoms with Crippen LogP contribution in [-0.2, 0) is 0 Å². The van der Waals surface area contributed by atoms with E-state index in [0.717, 1.165) is 10.5 Å². The maximum atomic E-state index is 11.1. The van der Waals surface area contributed by atoms with E-state index in [1.54, 1.807) is 11.8 Å². The van der Waals surface area contributed by atoms with E-state index in [1.165, 1.54) is 0 Å². The van der Waals surface area contributed by atoms with Crippen molar-refractivity contribution >= 4 is 23.5 Å². The van der Waals surface area contributed by atoms with Crippen LogP contribution in [0.5, 0.6) is 0 Å². The first-order chi connectivity index (χ1) is 8.99. The number of carboxylic acids is 1. The van der Waals surface area contributed by atoms with E-state index in [0.29, 0.717) is 10.9 Å². The maximum absolute atomic E-state index is 11.1. The topological polar surface area (TPSA) is 92.0 Å². The summed E-state index contributed by atoms with van der Waals surface area (Å²) < 4.78 is 0. The predicted octanol–water partition coefficient (Wildman–Crippen LogP) is 2.86. The van der Waals surface area contributed by atoms with Crippen LogP contribution < -0.4 is 5.73 Å². The average Bonchev–Trinajstić information content (AvgIpc) is 2.71. The first-order valence-electron chi connectivity index (χ1n) is 5.83. The lowest BCUT2D eigenvalue weighted by molar-refractivity contribution is 0.0699. The molecule has 0 unspecified atom stereocenters. The monoisotopic (exact) mass is 277 g/mol. The third-order valence-electron chi connectivity index (χ3n) is 2.52. The molecule has 0 saturated carbocycles. The zero-order valence-electron chi connectivity index (χ0n) is 10.7. The Balaban J connectivity index is 2.35. The van der Waals surface area contributed by atoms with Crippen molar-refractivity contribution in [3.8, 4) is 11.3 Å². The summed E-state index contributed by atoms with van der Waals surface area (Å²) in [5, 5.41) is 16.1. The number of nitrogens with two attached hydrogens (primary N) is 1. The zero-order chi connectivity index (χ0) is 14.0. The number of thioether (sulfide) groups is 1. The molecule has 19 heavy (non-hydrogen) atoms. The molecule has 0 saturated heterocycles. The molecule has 1 heterocycles. The van der Waals surface area contributed by atoms with Gasteiger partial charge < -0.3 is 10.8 Å². The summed E-state index contributed by atoms with van der Waals surface area (Å²) in [6.45, 7) is 4.24. The van der Waals surface area contributed by atoms with Gasteiger partial charge in [0.25, 0.3) is 0 Å². The maximum Gasteiger partial charge on any atom is 0.341 e. The lowest BCUT2D eigenvalue weighted by Gasteiger charge is -2.06. The number of nitrogens with zero attached hydrogens (tertiary/aromatic N) is 1. The fourth-order valence-electron chi connectivity index (χ4n) is 1.75. The molecule has 0 atom stereocenters. The van der Waals surface area contributed by atoms with Crippen LogP contribution in [0.1, 0.15) is 24.2 Å². The molecule has 1 aromatic carbocycles. The number of aromatic carboxylic acids is 1. The molecule has 0 aliphatic carbocycles. The van der Waals surface area contributed by atoms with Crippen LogP contribution >= 0.6 is 11.8 Å². The van der Waals surface area contributed by atoms with Crippen LogP contribution in [0.25, 0.3) is 11.3 Å². The van der Waals surface area contributed by atoms with Crippen LogP contribution in [-0.4, -0.2) is 26.5 Å². The molecule has 5 nitrogen and oxygen atoms in total. The van der Waals surface area contributed by atoms with E-state index in [4.69, 9.17) is 10.8 Å². The van der Waals surface area contributed by atoms with Crippen molar-refractivity contribution in [2.75, 3.05) is 5.73 Å². The third kappa shape index (κ3) is 2.90. The van der Waals surface area contributed by atoms with Gasteiger partial charge in [-0.25, -0.2) is 4.79 Å². The number of hydrogen-bond acceptors (Lipinski definition) is 4. The SMILES string of the molecule is CC(C)Sc1ccc(-c2[nH]nc(N)c2C(=O)O)cc1. The number of rotatable bonds is 4. The smallest absolute Gasteiger partial charge is 0.341 e. The van der Waals surface area contributed by atoms with E-state index >= 15 is 0 Å². The third-order valence-corrected chi connectivity index (χ3v) is 3.54. The van der Waals surface area contributed by atoms with Crippen LogP contribution in [0.3, 0.4) is 0 Å². The number of aromatic amines is 1. The molecule has 4 N–H and O–H groups in total. The summed E-state index contributed by atoms with van der Waals surface area (Å²) in [6, 6.07) is 7.65. The Morgan fingerprint density at radius 3 is 2.53 bits per heavy atom. The minimum absolute atomic E-state index is 0.00290. The molecule has 0 aliphatic rings. The quantitative estimate of drug-likeness (QED) is 0.747. The van der Waals surface area contributed by atoms with Crippen molar-refractivity contribution in [3.63, 3.8) is 0 Å². The van der Waals surface area contributed by atoms with Gasteiger partial charge in [-0.15, -0.1) is 11.8 Å². The van der Waals surface area contributed by atoms with E-state index in [2.05, 4.69) is 24.0 Å². The minimum Gasteiger partial charge on any atom is -0.477 e. The number of aromatic nitrogens is 2. The Hall–Kier alpha value is -1.95. The molecule has 1 aromatic heterocycles. The average molecular weight is 277 g/mol. The minimum atomic E-state index is -1.08. The summed E-state index contributed by atoms with van der Waals surface area (Å²) in [5.41, 5.74) is 6.76. The van der Waals surface area contributed by atoms with Gasteiger partial charge in [-0.3, -0.25) is 5.10 Å². The van der Waals surface area contributed by atoms with Crippen LogP contribution in [0.15, 0.2) is 29.2 Å². The number of nitrogen functional groups attached to an aromatic ring is 1. The summed E-state index contributed by atoms with van der Waals surface area (Å²) in [7, 11) is 0. The highest BCUT2D eigenvalue weighted by atomic mass is 32.2. The Labute approximate surface area is 115 Å². The van der Waals surface area contributed by atoms with Crippen molar-refractivity contribution in [2.24, 2.45) is 0 Å². The molecule has 0 radical (unpaired) electrons. The highest BCUT2D eigenvalue weighted by Gasteiger charge is 2.18. The van der Waals surface area contributed by atoms with E-state index < -0.39 is 5.97 Å². The second-order valence-electron chi connectivity index (χ2n) is 4.35. The molecule has 2 aromatic rings. The zero-order valence-corrected chi connectivity index (χ0v) is 11.5. The number of nitrogens with one attached hydrogen (secondary N) is 1. The number of benzene rings is 1. The van der Waals surface area contributed by atoms with Crippen LogP contribution in [0.2, 0.25) is 0 Å². The van der Waals surface area contributed by atoms with E-state index in [-0.39, 0.29) is 11.4 Å². The molecule has 100 valence electrons. The predicted molar refractivity (Wildman–Crippen MR) is 76.4 cm³/mol. The van der Waals surface area contributed by atoms with Crippen molar-refractivity contribution in [2.45, 2.75) is 24.0 Å². The molecule has 0 bridgehead atoms. The summed E-state index contributed by atoms with van der Waals surface area (Å²) in [6.07, 6.45) is 0. The fraction of sp³-hybridized carbons (Fsp3) is 0.231. The standard InChI is InChI=1S/C13H15N3O2S/c1-7(2)19-9-5-3-8(4-6-9)11-10(13(17)18)12(14)16-15-11/h3-7H,1-2H3,(H,17,18)(H3,14,15,16). The highest BCUT2D eigenvalue weighted by molar-refractivity contribution is 7.99. The van der Waals surface area contributed by atoms with Crippen LogP contribution in [0.4, 0.5) is 5.82 Å².